The summed E-state index contributed by atoms with van der Waals surface area (Å²) in [5, 5.41) is 1.13. The van der Waals surface area contributed by atoms with E-state index in [-0.39, 0.29) is 0 Å². The monoisotopic (exact) mass is 274 g/mol. The number of nitrogens with zero attached hydrogens (tertiary/aromatic N) is 1. The summed E-state index contributed by atoms with van der Waals surface area (Å²) in [6.07, 6.45) is 2.20. The third kappa shape index (κ3) is 3.63. The number of aromatic nitrogens is 2. The summed E-state index contributed by atoms with van der Waals surface area (Å²) in [6, 6.07) is 8.63. The maximum absolute atomic E-state index is 4.75. The van der Waals surface area contributed by atoms with Gasteiger partial charge in [0.05, 0.1) is 0 Å². The normalized spacial score (nSPS) is 11.2. The Hall–Kier alpha value is -1.22. The highest BCUT2D eigenvalue weighted by atomic mass is 32.2. The zero-order valence-corrected chi connectivity index (χ0v) is 13.0. The van der Waals surface area contributed by atoms with Crippen molar-refractivity contribution in [3.8, 4) is 0 Å². The van der Waals surface area contributed by atoms with Gasteiger partial charge in [-0.1, -0.05) is 56.7 Å². The van der Waals surface area contributed by atoms with E-state index >= 15 is 0 Å². The number of hydrogen-bond donors (Lipinski definition) is 1. The topological polar surface area (TPSA) is 28.7 Å². The third-order valence-electron chi connectivity index (χ3n) is 3.04. The molecule has 0 aliphatic carbocycles. The van der Waals surface area contributed by atoms with Crippen LogP contribution in [0.4, 0.5) is 0 Å². The second kappa shape index (κ2) is 6.29. The lowest BCUT2D eigenvalue weighted by Crippen LogP contribution is -1.90. The number of benzene rings is 1. The molecule has 2 aromatic rings. The fourth-order valence-corrected chi connectivity index (χ4v) is 2.82. The second-order valence-corrected chi connectivity index (χ2v) is 6.29. The molecule has 0 fully saturated rings. The van der Waals surface area contributed by atoms with Crippen molar-refractivity contribution in [1.29, 1.82) is 0 Å². The van der Waals surface area contributed by atoms with Crippen LogP contribution < -0.4 is 0 Å². The van der Waals surface area contributed by atoms with Gasteiger partial charge in [0.1, 0.15) is 10.9 Å². The van der Waals surface area contributed by atoms with Crippen molar-refractivity contribution in [2.45, 2.75) is 56.4 Å². The molecule has 0 aliphatic rings. The Labute approximate surface area is 120 Å². The van der Waals surface area contributed by atoms with Gasteiger partial charge in [0.2, 0.25) is 0 Å². The number of nitrogens with one attached hydrogen (secondary N) is 1. The van der Waals surface area contributed by atoms with E-state index in [1.165, 1.54) is 16.2 Å². The van der Waals surface area contributed by atoms with Crippen LogP contribution >= 0.6 is 11.8 Å². The highest BCUT2D eigenvalue weighted by Gasteiger charge is 2.13. The molecule has 2 rings (SSSR count). The van der Waals surface area contributed by atoms with Gasteiger partial charge in [0, 0.05) is 16.5 Å². The van der Waals surface area contributed by atoms with Crippen LogP contribution in [-0.2, 0) is 6.42 Å². The van der Waals surface area contributed by atoms with Crippen LogP contribution in [0.15, 0.2) is 34.2 Å². The Kier molecular flexibility index (Phi) is 4.70. The smallest absolute Gasteiger partial charge is 0.122 e. The van der Waals surface area contributed by atoms with Gasteiger partial charge in [-0.15, -0.1) is 0 Å². The van der Waals surface area contributed by atoms with Gasteiger partial charge in [0.15, 0.2) is 0 Å². The van der Waals surface area contributed by atoms with Crippen LogP contribution in [-0.4, -0.2) is 9.97 Å². The quantitative estimate of drug-likeness (QED) is 0.836. The van der Waals surface area contributed by atoms with Crippen molar-refractivity contribution >= 4 is 11.8 Å². The molecule has 1 heterocycles. The highest BCUT2D eigenvalue weighted by Crippen LogP contribution is 2.31. The van der Waals surface area contributed by atoms with Gasteiger partial charge in [-0.25, -0.2) is 4.98 Å². The van der Waals surface area contributed by atoms with Crippen LogP contribution in [0, 0.1) is 6.92 Å². The molecule has 0 amide bonds. The molecule has 1 aromatic carbocycles. The van der Waals surface area contributed by atoms with Crippen molar-refractivity contribution in [3.05, 3.63) is 41.3 Å². The lowest BCUT2D eigenvalue weighted by atomic mass is 10.2. The number of H-pyrrole nitrogens is 1. The number of hydrogen-bond acceptors (Lipinski definition) is 2. The molecule has 0 radical (unpaired) electrons. The summed E-state index contributed by atoms with van der Waals surface area (Å²) in [5.74, 6) is 1.54. The van der Waals surface area contributed by atoms with E-state index in [4.69, 9.17) is 4.98 Å². The Bertz CT molecular complexity index is 526. The fraction of sp³-hybridized carbons (Fsp3) is 0.438. The highest BCUT2D eigenvalue weighted by molar-refractivity contribution is 7.99. The fourth-order valence-electron chi connectivity index (χ4n) is 1.91. The largest absolute Gasteiger partial charge is 0.345 e. The van der Waals surface area contributed by atoms with E-state index in [9.17, 15) is 0 Å². The van der Waals surface area contributed by atoms with Gasteiger partial charge in [-0.05, 0) is 25.5 Å². The lowest BCUT2D eigenvalue weighted by Gasteiger charge is -2.01. The number of aromatic amines is 1. The molecule has 2 nitrogen and oxygen atoms in total. The molecule has 3 heteroatoms. The molecular weight excluding hydrogens is 252 g/mol. The van der Waals surface area contributed by atoms with Crippen LogP contribution in [0.1, 0.15) is 50.2 Å². The molecular formula is C16H22N2S. The van der Waals surface area contributed by atoms with Crippen LogP contribution in [0.3, 0.4) is 0 Å². The summed E-state index contributed by atoms with van der Waals surface area (Å²) >= 11 is 1.76. The van der Waals surface area contributed by atoms with Gasteiger partial charge < -0.3 is 4.98 Å². The summed E-state index contributed by atoms with van der Waals surface area (Å²) in [7, 11) is 0. The average molecular weight is 274 g/mol. The second-order valence-electron chi connectivity index (χ2n) is 5.23. The molecule has 0 saturated carbocycles. The van der Waals surface area contributed by atoms with E-state index in [1.54, 1.807) is 11.8 Å². The predicted molar refractivity (Wildman–Crippen MR) is 82.0 cm³/mol. The first-order chi connectivity index (χ1) is 9.10. The Morgan fingerprint density at radius 2 is 1.89 bits per heavy atom. The lowest BCUT2D eigenvalue weighted by molar-refractivity contribution is 0.782. The Balaban J connectivity index is 2.24. The van der Waals surface area contributed by atoms with E-state index in [2.05, 4.69) is 56.9 Å². The first kappa shape index (κ1) is 14.2. The zero-order valence-electron chi connectivity index (χ0n) is 12.2. The van der Waals surface area contributed by atoms with E-state index < -0.39 is 0 Å². The van der Waals surface area contributed by atoms with E-state index in [1.807, 2.05) is 0 Å². The molecule has 19 heavy (non-hydrogen) atoms. The summed E-state index contributed by atoms with van der Waals surface area (Å²) in [6.45, 7) is 8.67. The maximum atomic E-state index is 4.75. The molecule has 0 spiro atoms. The number of rotatable bonds is 5. The molecule has 102 valence electrons. The summed E-state index contributed by atoms with van der Waals surface area (Å²) in [5.41, 5.74) is 2.57. The molecule has 0 saturated heterocycles. The van der Waals surface area contributed by atoms with Crippen LogP contribution in [0.5, 0.6) is 0 Å². The van der Waals surface area contributed by atoms with Gasteiger partial charge in [-0.2, -0.15) is 0 Å². The molecule has 1 aromatic heterocycles. The minimum absolute atomic E-state index is 0.447. The van der Waals surface area contributed by atoms with Crippen LogP contribution in [0.25, 0.3) is 0 Å². The molecule has 0 unspecified atom stereocenters. The van der Waals surface area contributed by atoms with Crippen LogP contribution in [0.2, 0.25) is 0 Å². The number of aryl methyl sites for hydroxylation is 2. The number of imidazole rings is 1. The Morgan fingerprint density at radius 3 is 2.47 bits per heavy atom. The van der Waals surface area contributed by atoms with E-state index in [0.717, 1.165) is 23.7 Å². The maximum Gasteiger partial charge on any atom is 0.122 e. The van der Waals surface area contributed by atoms with E-state index in [0.29, 0.717) is 5.92 Å². The van der Waals surface area contributed by atoms with Crippen molar-refractivity contribution in [2.24, 2.45) is 0 Å². The van der Waals surface area contributed by atoms with Gasteiger partial charge in [-0.3, -0.25) is 0 Å². The third-order valence-corrected chi connectivity index (χ3v) is 4.08. The first-order valence-corrected chi connectivity index (χ1v) is 7.75. The Morgan fingerprint density at radius 1 is 1.21 bits per heavy atom. The van der Waals surface area contributed by atoms with Crippen molar-refractivity contribution in [3.63, 3.8) is 0 Å². The minimum Gasteiger partial charge on any atom is -0.345 e. The first-order valence-electron chi connectivity index (χ1n) is 6.93. The molecule has 0 aliphatic heterocycles. The molecule has 0 atom stereocenters. The predicted octanol–water partition coefficient (Wildman–Crippen LogP) is 4.95. The SMILES string of the molecule is CCCc1[nH]c(C(C)C)nc1Sc1ccc(C)cc1. The van der Waals surface area contributed by atoms with Gasteiger partial charge >= 0.3 is 0 Å². The summed E-state index contributed by atoms with van der Waals surface area (Å²) < 4.78 is 0. The van der Waals surface area contributed by atoms with Gasteiger partial charge in [0.25, 0.3) is 0 Å². The minimum atomic E-state index is 0.447. The van der Waals surface area contributed by atoms with Crippen molar-refractivity contribution in [1.82, 2.24) is 9.97 Å². The zero-order chi connectivity index (χ0) is 13.8. The molecule has 1 N–H and O–H groups in total. The summed E-state index contributed by atoms with van der Waals surface area (Å²) in [4.78, 5) is 9.49. The van der Waals surface area contributed by atoms with Crippen molar-refractivity contribution < 1.29 is 0 Å². The average Bonchev–Trinajstić information content (AvgIpc) is 2.76. The molecule has 0 bridgehead atoms. The van der Waals surface area contributed by atoms with Crippen molar-refractivity contribution in [2.75, 3.05) is 0 Å². The standard InChI is InChI=1S/C16H22N2S/c1-5-6-14-16(18-15(17-14)11(2)3)19-13-9-7-12(4)8-10-13/h7-11H,5-6H2,1-4H3,(H,17,18).